The number of halogens is 14. The van der Waals surface area contributed by atoms with Crippen molar-refractivity contribution in [3.05, 3.63) is 0 Å². The van der Waals surface area contributed by atoms with Crippen LogP contribution in [0.3, 0.4) is 0 Å². The molecule has 1 aliphatic carbocycles. The molecule has 0 radical (unpaired) electrons. The molecular weight excluding hydrogens is 570 g/mol. The van der Waals surface area contributed by atoms with Gasteiger partial charge in [-0.1, -0.05) is 26.2 Å². The largest absolute Gasteiger partial charge is 0.449 e. The number of carbonyl (C=O) groups excluding carboxylic acids is 1. The van der Waals surface area contributed by atoms with E-state index in [1.807, 2.05) is 0 Å². The number of alkyl halides is 14. The van der Waals surface area contributed by atoms with E-state index in [9.17, 15) is 62.6 Å². The highest BCUT2D eigenvalue weighted by Gasteiger charge is 2.93. The monoisotopic (exact) mass is 592 g/mol. The number of hydrogen-bond donors (Lipinski definition) is 1. The zero-order valence-electron chi connectivity index (χ0n) is 19.5. The first-order valence-corrected chi connectivity index (χ1v) is 11.0. The van der Waals surface area contributed by atoms with Gasteiger partial charge in [0.25, 0.3) is 5.60 Å². The number of hydrogen-bond acceptors (Lipinski definition) is 4. The molecular formula is C20H22F14O4. The van der Waals surface area contributed by atoms with Crippen LogP contribution in [-0.4, -0.2) is 58.7 Å². The van der Waals surface area contributed by atoms with Gasteiger partial charge in [0.2, 0.25) is 0 Å². The molecule has 18 heteroatoms. The van der Waals surface area contributed by atoms with Gasteiger partial charge < -0.3 is 14.6 Å². The lowest BCUT2D eigenvalue weighted by Crippen LogP contribution is -2.83. The fourth-order valence-electron chi connectivity index (χ4n) is 4.71. The van der Waals surface area contributed by atoms with Gasteiger partial charge in [0.1, 0.15) is 0 Å². The van der Waals surface area contributed by atoms with Crippen LogP contribution in [0.4, 0.5) is 61.5 Å². The lowest BCUT2D eigenvalue weighted by molar-refractivity contribution is -0.542. The van der Waals surface area contributed by atoms with Crippen molar-refractivity contribution >= 4 is 5.97 Å². The summed E-state index contributed by atoms with van der Waals surface area (Å²) in [6, 6.07) is 0. The van der Waals surface area contributed by atoms with E-state index in [0.717, 1.165) is 0 Å². The summed E-state index contributed by atoms with van der Waals surface area (Å²) in [6.45, 7) is 0.399. The first-order valence-electron chi connectivity index (χ1n) is 11.0. The van der Waals surface area contributed by atoms with Gasteiger partial charge in [0, 0.05) is 6.42 Å². The molecule has 0 bridgehead atoms. The second-order valence-electron chi connectivity index (χ2n) is 9.61. The van der Waals surface area contributed by atoms with Crippen molar-refractivity contribution < 1.29 is 80.8 Å². The van der Waals surface area contributed by atoms with Gasteiger partial charge in [-0.25, -0.2) is 0 Å². The SMILES string of the molecule is CCC(C)(C(=O)OC1(C(F)(F)F)CC(C2CCCCC2)(C(F)(F)F)OC(O)(C(F)(F)F)C1(F)F)C(F)(F)F. The molecule has 1 N–H and O–H groups in total. The van der Waals surface area contributed by atoms with Crippen LogP contribution in [0, 0.1) is 11.3 Å². The van der Waals surface area contributed by atoms with Crippen LogP contribution in [-0.2, 0) is 14.3 Å². The standard InChI is InChI=1S/C20H22F14O4/c1-3-12(2,17(23,24)25)11(35)37-14(19(29,30)31)9-13(18(26,27)28,10-7-5-4-6-8-10)38-16(36,15(14,21)22)20(32,33)34/h10,36H,3-9H2,1-2H3. The average molecular weight is 592 g/mol. The molecule has 0 aromatic heterocycles. The smallest absolute Gasteiger partial charge is 0.442 e. The van der Waals surface area contributed by atoms with Gasteiger partial charge >= 0.3 is 42.4 Å². The average Bonchev–Trinajstić information content (AvgIpc) is 2.73. The summed E-state index contributed by atoms with van der Waals surface area (Å²) < 4.78 is 206. The zero-order chi connectivity index (χ0) is 30.0. The third-order valence-corrected chi connectivity index (χ3v) is 7.41. The number of aliphatic hydroxyl groups is 1. The Balaban J connectivity index is 3.00. The predicted molar refractivity (Wildman–Crippen MR) is 96.3 cm³/mol. The van der Waals surface area contributed by atoms with Crippen LogP contribution in [0.25, 0.3) is 0 Å². The van der Waals surface area contributed by atoms with Gasteiger partial charge in [0.05, 0.1) is 0 Å². The Labute approximate surface area is 205 Å². The minimum absolute atomic E-state index is 0.134. The summed E-state index contributed by atoms with van der Waals surface area (Å²) in [6.07, 6.45) is -33.1. The van der Waals surface area contributed by atoms with Gasteiger partial charge in [-0.05, 0) is 32.1 Å². The lowest BCUT2D eigenvalue weighted by Gasteiger charge is -2.59. The van der Waals surface area contributed by atoms with Crippen LogP contribution >= 0.6 is 0 Å². The topological polar surface area (TPSA) is 55.8 Å². The molecule has 4 atom stereocenters. The van der Waals surface area contributed by atoms with Crippen molar-refractivity contribution in [2.75, 3.05) is 0 Å². The third-order valence-electron chi connectivity index (χ3n) is 7.41. The van der Waals surface area contributed by atoms with Gasteiger partial charge in [-0.2, -0.15) is 61.5 Å². The molecule has 0 aromatic carbocycles. The molecule has 1 saturated carbocycles. The summed E-state index contributed by atoms with van der Waals surface area (Å²) in [4.78, 5) is 12.4. The van der Waals surface area contributed by atoms with Crippen molar-refractivity contribution in [2.45, 2.75) is 106 Å². The fraction of sp³-hybridized carbons (Fsp3) is 0.950. The fourth-order valence-corrected chi connectivity index (χ4v) is 4.71. The maximum atomic E-state index is 15.3. The maximum Gasteiger partial charge on any atom is 0.449 e. The molecule has 38 heavy (non-hydrogen) atoms. The number of ether oxygens (including phenoxy) is 2. The van der Waals surface area contributed by atoms with Crippen LogP contribution in [0.15, 0.2) is 0 Å². The molecule has 4 unspecified atom stereocenters. The van der Waals surface area contributed by atoms with E-state index in [-0.39, 0.29) is 26.2 Å². The van der Waals surface area contributed by atoms with E-state index in [4.69, 9.17) is 0 Å². The molecule has 224 valence electrons. The molecule has 1 saturated heterocycles. The molecule has 1 aliphatic heterocycles. The molecule has 2 rings (SSSR count). The first-order chi connectivity index (χ1) is 16.7. The minimum Gasteiger partial charge on any atom is -0.442 e. The van der Waals surface area contributed by atoms with E-state index < -0.39 is 90.6 Å². The van der Waals surface area contributed by atoms with Crippen molar-refractivity contribution in [1.82, 2.24) is 0 Å². The molecule has 1 heterocycles. The van der Waals surface area contributed by atoms with E-state index in [2.05, 4.69) is 9.47 Å². The Morgan fingerprint density at radius 2 is 1.34 bits per heavy atom. The molecule has 0 aromatic rings. The summed E-state index contributed by atoms with van der Waals surface area (Å²) in [5, 5.41) is 9.89. The van der Waals surface area contributed by atoms with Crippen LogP contribution < -0.4 is 0 Å². The normalized spacial score (nSPS) is 33.5. The van der Waals surface area contributed by atoms with Crippen molar-refractivity contribution in [3.63, 3.8) is 0 Å². The Bertz CT molecular complexity index is 888. The Kier molecular flexibility index (Phi) is 7.92. The maximum absolute atomic E-state index is 15.3. The number of esters is 1. The van der Waals surface area contributed by atoms with Crippen LogP contribution in [0.1, 0.15) is 58.8 Å². The van der Waals surface area contributed by atoms with Gasteiger partial charge in [-0.15, -0.1) is 0 Å². The molecule has 0 spiro atoms. The highest BCUT2D eigenvalue weighted by Crippen LogP contribution is 2.67. The van der Waals surface area contributed by atoms with E-state index in [1.54, 1.807) is 0 Å². The number of rotatable bonds is 4. The van der Waals surface area contributed by atoms with Crippen molar-refractivity contribution in [2.24, 2.45) is 11.3 Å². The van der Waals surface area contributed by atoms with Crippen LogP contribution in [0.5, 0.6) is 0 Å². The summed E-state index contributed by atoms with van der Waals surface area (Å²) >= 11 is 0. The van der Waals surface area contributed by atoms with E-state index in [1.165, 1.54) is 0 Å². The van der Waals surface area contributed by atoms with E-state index in [0.29, 0.717) is 6.92 Å². The van der Waals surface area contributed by atoms with Gasteiger partial charge in [0.15, 0.2) is 11.0 Å². The number of carbonyl (C=O) groups is 1. The summed E-state index contributed by atoms with van der Waals surface area (Å²) in [5.41, 5.74) is -15.2. The third kappa shape index (κ3) is 4.50. The second kappa shape index (κ2) is 9.23. The predicted octanol–water partition coefficient (Wildman–Crippen LogP) is 7.00. The Hall–Kier alpha value is -1.59. The van der Waals surface area contributed by atoms with Crippen LogP contribution in [0.2, 0.25) is 0 Å². The van der Waals surface area contributed by atoms with Crippen molar-refractivity contribution in [3.8, 4) is 0 Å². The quantitative estimate of drug-likeness (QED) is 0.282. The highest BCUT2D eigenvalue weighted by molar-refractivity contribution is 5.78. The lowest BCUT2D eigenvalue weighted by atomic mass is 9.66. The zero-order valence-corrected chi connectivity index (χ0v) is 19.5. The summed E-state index contributed by atoms with van der Waals surface area (Å²) in [7, 11) is 0. The molecule has 2 fully saturated rings. The molecule has 0 amide bonds. The Morgan fingerprint density at radius 3 is 1.68 bits per heavy atom. The first kappa shape index (κ1) is 32.6. The second-order valence-corrected chi connectivity index (χ2v) is 9.61. The molecule has 2 aliphatic rings. The Morgan fingerprint density at radius 1 is 0.868 bits per heavy atom. The highest BCUT2D eigenvalue weighted by atomic mass is 19.4. The minimum atomic E-state index is -7.09. The van der Waals surface area contributed by atoms with Gasteiger partial charge in [-0.3, -0.25) is 4.79 Å². The molecule has 4 nitrogen and oxygen atoms in total. The summed E-state index contributed by atoms with van der Waals surface area (Å²) in [5.74, 6) is -19.2. The van der Waals surface area contributed by atoms with Crippen molar-refractivity contribution in [1.29, 1.82) is 0 Å². The van der Waals surface area contributed by atoms with E-state index >= 15 is 8.78 Å².